The number of hydrogen-bond donors (Lipinski definition) is 1. The Morgan fingerprint density at radius 3 is 2.56 bits per heavy atom. The van der Waals surface area contributed by atoms with E-state index in [1.807, 2.05) is 12.1 Å². The van der Waals surface area contributed by atoms with Crippen LogP contribution < -0.4 is 10.6 Å². The lowest BCUT2D eigenvalue weighted by molar-refractivity contribution is 0.0822. The lowest BCUT2D eigenvalue weighted by atomic mass is 9.93. The molecule has 1 aromatic rings. The molecule has 2 N–H and O–H groups in total. The molecule has 1 aliphatic rings. The molecule has 4 heteroatoms. The van der Waals surface area contributed by atoms with Crippen molar-refractivity contribution in [2.24, 2.45) is 5.41 Å². The van der Waals surface area contributed by atoms with E-state index in [1.165, 1.54) is 0 Å². The second-order valence-corrected chi connectivity index (χ2v) is 4.90. The average Bonchev–Trinajstić information content (AvgIpc) is 2.23. The predicted molar refractivity (Wildman–Crippen MR) is 63.3 cm³/mol. The molecule has 1 fully saturated rings. The molecule has 0 aliphatic carbocycles. The first kappa shape index (κ1) is 10.8. The Kier molecular flexibility index (Phi) is 2.50. The third-order valence-corrected chi connectivity index (χ3v) is 2.60. The van der Waals surface area contributed by atoms with Crippen molar-refractivity contribution >= 4 is 17.5 Å². The molecule has 1 amide bonds. The molecular weight excluding hydrogens is 204 g/mol. The van der Waals surface area contributed by atoms with Gasteiger partial charge in [-0.15, -0.1) is 0 Å². The summed E-state index contributed by atoms with van der Waals surface area (Å²) in [6.45, 7) is 5.28. The molecule has 86 valence electrons. The van der Waals surface area contributed by atoms with Gasteiger partial charge in [-0.2, -0.15) is 0 Å². The minimum Gasteiger partial charge on any atom is -0.449 e. The largest absolute Gasteiger partial charge is 0.449 e. The fourth-order valence-corrected chi connectivity index (χ4v) is 1.72. The maximum Gasteiger partial charge on any atom is 0.414 e. The van der Waals surface area contributed by atoms with E-state index in [9.17, 15) is 4.79 Å². The fraction of sp³-hybridized carbons (Fsp3) is 0.417. The van der Waals surface area contributed by atoms with Crippen LogP contribution in [0.3, 0.4) is 0 Å². The zero-order chi connectivity index (χ0) is 11.8. The number of nitrogen functional groups attached to an aromatic ring is 1. The molecule has 2 rings (SSSR count). The highest BCUT2D eigenvalue weighted by atomic mass is 16.6. The van der Waals surface area contributed by atoms with Gasteiger partial charge in [-0.05, 0) is 24.3 Å². The van der Waals surface area contributed by atoms with Crippen LogP contribution in [0.5, 0.6) is 0 Å². The number of rotatable bonds is 1. The summed E-state index contributed by atoms with van der Waals surface area (Å²) < 4.78 is 5.15. The number of nitrogens with zero attached hydrogens (tertiary/aromatic N) is 1. The molecule has 0 saturated carbocycles. The Balaban J connectivity index is 2.25. The monoisotopic (exact) mass is 220 g/mol. The lowest BCUT2D eigenvalue weighted by Gasteiger charge is -2.37. The Morgan fingerprint density at radius 1 is 1.31 bits per heavy atom. The summed E-state index contributed by atoms with van der Waals surface area (Å²) in [5, 5.41) is 0. The lowest BCUT2D eigenvalue weighted by Crippen LogP contribution is -2.47. The van der Waals surface area contributed by atoms with Crippen molar-refractivity contribution in [2.75, 3.05) is 23.8 Å². The molecule has 1 aliphatic heterocycles. The first-order valence-electron chi connectivity index (χ1n) is 5.28. The Bertz CT molecular complexity index is 398. The summed E-state index contributed by atoms with van der Waals surface area (Å²) in [6.07, 6.45) is -0.288. The van der Waals surface area contributed by atoms with Crippen molar-refractivity contribution in [3.63, 3.8) is 0 Å². The molecule has 1 heterocycles. The van der Waals surface area contributed by atoms with Gasteiger partial charge in [0.2, 0.25) is 0 Å². The SMILES string of the molecule is CC1(C)COC(=O)N(c2ccc(N)cc2)C1. The van der Waals surface area contributed by atoms with Gasteiger partial charge in [0, 0.05) is 23.3 Å². The number of amides is 1. The zero-order valence-electron chi connectivity index (χ0n) is 9.56. The minimum atomic E-state index is -0.288. The van der Waals surface area contributed by atoms with Gasteiger partial charge in [0.25, 0.3) is 0 Å². The molecule has 16 heavy (non-hydrogen) atoms. The van der Waals surface area contributed by atoms with Gasteiger partial charge in [0.15, 0.2) is 0 Å². The number of hydrogen-bond acceptors (Lipinski definition) is 3. The summed E-state index contributed by atoms with van der Waals surface area (Å²) in [5.41, 5.74) is 7.11. The van der Waals surface area contributed by atoms with Gasteiger partial charge in [0.1, 0.15) is 0 Å². The molecule has 4 nitrogen and oxygen atoms in total. The van der Waals surface area contributed by atoms with Crippen molar-refractivity contribution in [1.82, 2.24) is 0 Å². The summed E-state index contributed by atoms with van der Waals surface area (Å²) in [6, 6.07) is 7.23. The maximum atomic E-state index is 11.6. The van der Waals surface area contributed by atoms with Crippen LogP contribution in [-0.4, -0.2) is 19.2 Å². The summed E-state index contributed by atoms with van der Waals surface area (Å²) in [5.74, 6) is 0. The van der Waals surface area contributed by atoms with Crippen LogP contribution in [0.25, 0.3) is 0 Å². The Labute approximate surface area is 95.0 Å². The first-order valence-corrected chi connectivity index (χ1v) is 5.28. The maximum absolute atomic E-state index is 11.6. The number of ether oxygens (including phenoxy) is 1. The van der Waals surface area contributed by atoms with Crippen molar-refractivity contribution in [3.05, 3.63) is 24.3 Å². The van der Waals surface area contributed by atoms with E-state index in [2.05, 4.69) is 13.8 Å². The normalized spacial score (nSPS) is 19.4. The number of carbonyl (C=O) groups is 1. The van der Waals surface area contributed by atoms with E-state index in [0.29, 0.717) is 18.8 Å². The van der Waals surface area contributed by atoms with Crippen LogP contribution in [0.15, 0.2) is 24.3 Å². The van der Waals surface area contributed by atoms with Crippen LogP contribution in [0.1, 0.15) is 13.8 Å². The van der Waals surface area contributed by atoms with Gasteiger partial charge < -0.3 is 10.5 Å². The zero-order valence-corrected chi connectivity index (χ0v) is 9.56. The van der Waals surface area contributed by atoms with E-state index in [1.54, 1.807) is 17.0 Å². The second kappa shape index (κ2) is 3.70. The molecule has 0 radical (unpaired) electrons. The Morgan fingerprint density at radius 2 is 1.94 bits per heavy atom. The molecule has 1 saturated heterocycles. The molecule has 0 aromatic heterocycles. The van der Waals surface area contributed by atoms with E-state index in [0.717, 1.165) is 5.69 Å². The molecule has 0 atom stereocenters. The van der Waals surface area contributed by atoms with E-state index in [4.69, 9.17) is 10.5 Å². The van der Waals surface area contributed by atoms with Crippen molar-refractivity contribution in [3.8, 4) is 0 Å². The summed E-state index contributed by atoms with van der Waals surface area (Å²) >= 11 is 0. The average molecular weight is 220 g/mol. The molecule has 0 spiro atoms. The number of nitrogens with two attached hydrogens (primary N) is 1. The third kappa shape index (κ3) is 2.10. The molecular formula is C12H16N2O2. The van der Waals surface area contributed by atoms with Gasteiger partial charge in [-0.3, -0.25) is 4.90 Å². The summed E-state index contributed by atoms with van der Waals surface area (Å²) in [4.78, 5) is 13.3. The molecule has 1 aromatic carbocycles. The predicted octanol–water partition coefficient (Wildman–Crippen LogP) is 2.25. The topological polar surface area (TPSA) is 55.6 Å². The number of carbonyl (C=O) groups excluding carboxylic acids is 1. The van der Waals surface area contributed by atoms with Crippen LogP contribution in [-0.2, 0) is 4.74 Å². The van der Waals surface area contributed by atoms with E-state index < -0.39 is 0 Å². The van der Waals surface area contributed by atoms with Crippen molar-refractivity contribution in [2.45, 2.75) is 13.8 Å². The van der Waals surface area contributed by atoms with Gasteiger partial charge in [-0.1, -0.05) is 13.8 Å². The van der Waals surface area contributed by atoms with Gasteiger partial charge in [-0.25, -0.2) is 4.79 Å². The second-order valence-electron chi connectivity index (χ2n) is 4.90. The van der Waals surface area contributed by atoms with Crippen LogP contribution in [0, 0.1) is 5.41 Å². The number of benzene rings is 1. The third-order valence-electron chi connectivity index (χ3n) is 2.60. The summed E-state index contributed by atoms with van der Waals surface area (Å²) in [7, 11) is 0. The first-order chi connectivity index (χ1) is 7.48. The van der Waals surface area contributed by atoms with E-state index in [-0.39, 0.29) is 11.5 Å². The quantitative estimate of drug-likeness (QED) is 0.738. The molecule has 0 bridgehead atoms. The van der Waals surface area contributed by atoms with Crippen molar-refractivity contribution < 1.29 is 9.53 Å². The Hall–Kier alpha value is -1.71. The standard InChI is InChI=1S/C12H16N2O2/c1-12(2)7-14(11(15)16-8-12)10-5-3-9(13)4-6-10/h3-6H,7-8,13H2,1-2H3. The number of anilines is 2. The number of cyclic esters (lactones) is 1. The van der Waals surface area contributed by atoms with Crippen LogP contribution in [0.4, 0.5) is 16.2 Å². The van der Waals surface area contributed by atoms with Gasteiger partial charge >= 0.3 is 6.09 Å². The smallest absolute Gasteiger partial charge is 0.414 e. The highest BCUT2D eigenvalue weighted by Gasteiger charge is 2.33. The molecule has 0 unspecified atom stereocenters. The van der Waals surface area contributed by atoms with E-state index >= 15 is 0 Å². The van der Waals surface area contributed by atoms with Crippen molar-refractivity contribution in [1.29, 1.82) is 0 Å². The highest BCUT2D eigenvalue weighted by Crippen LogP contribution is 2.28. The minimum absolute atomic E-state index is 0.0186. The van der Waals surface area contributed by atoms with Crippen LogP contribution >= 0.6 is 0 Å². The fourth-order valence-electron chi connectivity index (χ4n) is 1.72. The van der Waals surface area contributed by atoms with Crippen LogP contribution in [0.2, 0.25) is 0 Å². The highest BCUT2D eigenvalue weighted by molar-refractivity contribution is 5.88. The van der Waals surface area contributed by atoms with Gasteiger partial charge in [0.05, 0.1) is 6.61 Å².